The number of aromatic nitrogens is 1. The quantitative estimate of drug-likeness (QED) is 0.716. The minimum atomic E-state index is -0.148. The summed E-state index contributed by atoms with van der Waals surface area (Å²) in [6.07, 6.45) is 4.74. The van der Waals surface area contributed by atoms with Gasteiger partial charge >= 0.3 is 5.97 Å². The molecule has 1 fully saturated rings. The largest absolute Gasteiger partial charge is 0.466 e. The van der Waals surface area contributed by atoms with E-state index in [9.17, 15) is 9.59 Å². The fourth-order valence-electron chi connectivity index (χ4n) is 2.83. The Kier molecular flexibility index (Phi) is 7.65. The molecule has 1 aliphatic heterocycles. The highest BCUT2D eigenvalue weighted by Crippen LogP contribution is 2.19. The smallest absolute Gasteiger partial charge is 0.305 e. The first-order valence-electron chi connectivity index (χ1n) is 8.39. The third-order valence-corrected chi connectivity index (χ3v) is 4.48. The van der Waals surface area contributed by atoms with Gasteiger partial charge in [-0.25, -0.2) is 4.98 Å². The predicted octanol–water partition coefficient (Wildman–Crippen LogP) is 2.84. The van der Waals surface area contributed by atoms with Crippen LogP contribution < -0.4 is 5.32 Å². The molecule has 1 unspecified atom stereocenters. The first kappa shape index (κ1) is 18.9. The van der Waals surface area contributed by atoms with Gasteiger partial charge < -0.3 is 15.0 Å². The SMILES string of the molecule is CCOC(=O)CCCN1CCCC(C(=O)Nc2ccc(Br)cn2)C1. The highest BCUT2D eigenvalue weighted by molar-refractivity contribution is 9.10. The number of nitrogens with one attached hydrogen (secondary N) is 1. The molecule has 2 heterocycles. The average molecular weight is 398 g/mol. The van der Waals surface area contributed by atoms with Gasteiger partial charge in [0.1, 0.15) is 5.82 Å². The highest BCUT2D eigenvalue weighted by atomic mass is 79.9. The lowest BCUT2D eigenvalue weighted by molar-refractivity contribution is -0.143. The molecule has 6 nitrogen and oxygen atoms in total. The van der Waals surface area contributed by atoms with Crippen LogP contribution in [0.1, 0.15) is 32.6 Å². The van der Waals surface area contributed by atoms with Crippen molar-refractivity contribution in [2.24, 2.45) is 5.92 Å². The van der Waals surface area contributed by atoms with Crippen LogP contribution in [-0.4, -0.2) is 48.0 Å². The van der Waals surface area contributed by atoms with Gasteiger partial charge in [-0.3, -0.25) is 9.59 Å². The number of rotatable bonds is 7. The van der Waals surface area contributed by atoms with Crippen molar-refractivity contribution in [2.45, 2.75) is 32.6 Å². The third kappa shape index (κ3) is 6.20. The summed E-state index contributed by atoms with van der Waals surface area (Å²) >= 11 is 3.33. The molecule has 1 atom stereocenters. The van der Waals surface area contributed by atoms with Crippen molar-refractivity contribution in [1.82, 2.24) is 9.88 Å². The van der Waals surface area contributed by atoms with Gasteiger partial charge in [0.25, 0.3) is 0 Å². The second-order valence-corrected chi connectivity index (χ2v) is 6.81. The van der Waals surface area contributed by atoms with Gasteiger partial charge in [-0.15, -0.1) is 0 Å². The molecule has 1 N–H and O–H groups in total. The molecule has 0 aromatic carbocycles. The maximum absolute atomic E-state index is 12.4. The number of carbonyl (C=O) groups excluding carboxylic acids is 2. The van der Waals surface area contributed by atoms with Gasteiger partial charge in [0.15, 0.2) is 0 Å². The van der Waals surface area contributed by atoms with Crippen LogP contribution in [0.4, 0.5) is 5.82 Å². The zero-order valence-electron chi connectivity index (χ0n) is 14.0. The number of hydrogen-bond donors (Lipinski definition) is 1. The molecule has 7 heteroatoms. The standard InChI is InChI=1S/C17H24BrN3O3/c1-2-24-16(22)6-4-10-21-9-3-5-13(12-21)17(23)20-15-8-7-14(18)11-19-15/h7-8,11,13H,2-6,9-10,12H2,1H3,(H,19,20,23). The molecule has 0 radical (unpaired) electrons. The second-order valence-electron chi connectivity index (χ2n) is 5.90. The van der Waals surface area contributed by atoms with Crippen LogP contribution in [0.5, 0.6) is 0 Å². The van der Waals surface area contributed by atoms with E-state index in [4.69, 9.17) is 4.74 Å². The van der Waals surface area contributed by atoms with Crippen molar-refractivity contribution < 1.29 is 14.3 Å². The zero-order chi connectivity index (χ0) is 17.4. The lowest BCUT2D eigenvalue weighted by atomic mass is 9.97. The monoisotopic (exact) mass is 397 g/mol. The van der Waals surface area contributed by atoms with Crippen LogP contribution >= 0.6 is 15.9 Å². The van der Waals surface area contributed by atoms with Gasteiger partial charge in [0, 0.05) is 23.6 Å². The van der Waals surface area contributed by atoms with Crippen LogP contribution in [0.25, 0.3) is 0 Å². The van der Waals surface area contributed by atoms with Gasteiger partial charge in [-0.05, 0) is 67.3 Å². The van der Waals surface area contributed by atoms with Crippen molar-refractivity contribution in [3.8, 4) is 0 Å². The predicted molar refractivity (Wildman–Crippen MR) is 95.6 cm³/mol. The summed E-state index contributed by atoms with van der Waals surface area (Å²) in [4.78, 5) is 30.2. The van der Waals surface area contributed by atoms with Crippen LogP contribution in [0.15, 0.2) is 22.8 Å². The van der Waals surface area contributed by atoms with E-state index in [2.05, 4.69) is 31.1 Å². The van der Waals surface area contributed by atoms with Gasteiger partial charge in [0.2, 0.25) is 5.91 Å². The Hall–Kier alpha value is -1.47. The lowest BCUT2D eigenvalue weighted by Crippen LogP contribution is -2.41. The molecule has 0 saturated carbocycles. The summed E-state index contributed by atoms with van der Waals surface area (Å²) in [5.74, 6) is 0.402. The Morgan fingerprint density at radius 1 is 1.46 bits per heavy atom. The number of carbonyl (C=O) groups is 2. The fraction of sp³-hybridized carbons (Fsp3) is 0.588. The molecular formula is C17H24BrN3O3. The summed E-state index contributed by atoms with van der Waals surface area (Å²) in [5.41, 5.74) is 0. The Balaban J connectivity index is 1.76. The molecule has 1 aromatic rings. The average Bonchev–Trinajstić information content (AvgIpc) is 2.57. The van der Waals surface area contributed by atoms with Crippen molar-refractivity contribution in [3.63, 3.8) is 0 Å². The lowest BCUT2D eigenvalue weighted by Gasteiger charge is -2.31. The molecule has 132 valence electrons. The van der Waals surface area contributed by atoms with Crippen LogP contribution in [0, 0.1) is 5.92 Å². The molecule has 1 amide bonds. The van der Waals surface area contributed by atoms with Crippen molar-refractivity contribution in [1.29, 1.82) is 0 Å². The highest BCUT2D eigenvalue weighted by Gasteiger charge is 2.25. The number of esters is 1. The Morgan fingerprint density at radius 2 is 2.29 bits per heavy atom. The number of ether oxygens (including phenoxy) is 1. The number of pyridine rings is 1. The number of likely N-dealkylation sites (tertiary alicyclic amines) is 1. The number of hydrogen-bond acceptors (Lipinski definition) is 5. The molecular weight excluding hydrogens is 374 g/mol. The van der Waals surface area contributed by atoms with E-state index in [0.29, 0.717) is 18.8 Å². The number of anilines is 1. The van der Waals surface area contributed by atoms with Gasteiger partial charge in [-0.2, -0.15) is 0 Å². The topological polar surface area (TPSA) is 71.5 Å². The molecule has 0 bridgehead atoms. The summed E-state index contributed by atoms with van der Waals surface area (Å²) in [5, 5.41) is 2.88. The first-order chi connectivity index (χ1) is 11.6. The Bertz CT molecular complexity index is 551. The molecule has 0 aliphatic carbocycles. The normalized spacial score (nSPS) is 18.2. The van der Waals surface area contributed by atoms with Gasteiger partial charge in [-0.1, -0.05) is 0 Å². The molecule has 2 rings (SSSR count). The summed E-state index contributed by atoms with van der Waals surface area (Å²) in [6, 6.07) is 3.63. The molecule has 1 aliphatic rings. The van der Waals surface area contributed by atoms with E-state index < -0.39 is 0 Å². The van der Waals surface area contributed by atoms with Crippen LogP contribution in [-0.2, 0) is 14.3 Å². The minimum Gasteiger partial charge on any atom is -0.466 e. The van der Waals surface area contributed by atoms with E-state index >= 15 is 0 Å². The van der Waals surface area contributed by atoms with Crippen molar-refractivity contribution >= 4 is 33.6 Å². The summed E-state index contributed by atoms with van der Waals surface area (Å²) < 4.78 is 5.81. The maximum atomic E-state index is 12.4. The molecule has 1 saturated heterocycles. The summed E-state index contributed by atoms with van der Waals surface area (Å²) in [7, 11) is 0. The van der Waals surface area contributed by atoms with E-state index in [-0.39, 0.29) is 17.8 Å². The number of amides is 1. The number of piperidine rings is 1. The summed E-state index contributed by atoms with van der Waals surface area (Å²) in [6.45, 7) is 4.76. The zero-order valence-corrected chi connectivity index (χ0v) is 15.5. The van der Waals surface area contributed by atoms with E-state index in [1.807, 2.05) is 13.0 Å². The maximum Gasteiger partial charge on any atom is 0.305 e. The Morgan fingerprint density at radius 3 is 3.00 bits per heavy atom. The third-order valence-electron chi connectivity index (χ3n) is 4.02. The van der Waals surface area contributed by atoms with Crippen molar-refractivity contribution in [2.75, 3.05) is 31.6 Å². The second kappa shape index (κ2) is 9.74. The van der Waals surface area contributed by atoms with E-state index in [1.54, 1.807) is 12.3 Å². The van der Waals surface area contributed by atoms with Crippen LogP contribution in [0.2, 0.25) is 0 Å². The van der Waals surface area contributed by atoms with Crippen molar-refractivity contribution in [3.05, 3.63) is 22.8 Å². The first-order valence-corrected chi connectivity index (χ1v) is 9.18. The van der Waals surface area contributed by atoms with Gasteiger partial charge in [0.05, 0.1) is 12.5 Å². The molecule has 1 aromatic heterocycles. The van der Waals surface area contributed by atoms with E-state index in [1.165, 1.54) is 0 Å². The molecule has 24 heavy (non-hydrogen) atoms. The fourth-order valence-corrected chi connectivity index (χ4v) is 3.07. The Labute approximate surface area is 151 Å². The van der Waals surface area contributed by atoms with E-state index in [0.717, 1.165) is 43.4 Å². The molecule has 0 spiro atoms. The number of halogens is 1. The van der Waals surface area contributed by atoms with Crippen LogP contribution in [0.3, 0.4) is 0 Å². The number of nitrogens with zero attached hydrogens (tertiary/aromatic N) is 2. The minimum absolute atomic E-state index is 0.0138.